The molecule has 28 heavy (non-hydrogen) atoms. The average molecular weight is 407 g/mol. The summed E-state index contributed by atoms with van der Waals surface area (Å²) >= 11 is 0. The van der Waals surface area contributed by atoms with Crippen LogP contribution < -0.4 is 5.32 Å². The van der Waals surface area contributed by atoms with Crippen LogP contribution in [0.25, 0.3) is 0 Å². The topological polar surface area (TPSA) is 155 Å². The van der Waals surface area contributed by atoms with E-state index in [1.165, 1.54) is 0 Å². The molecule has 1 saturated heterocycles. The van der Waals surface area contributed by atoms with Crippen molar-refractivity contribution >= 4 is 11.7 Å². The van der Waals surface area contributed by atoms with Crippen LogP contribution in [0.2, 0.25) is 0 Å². The molecule has 0 bridgehead atoms. The molecule has 10 heteroatoms. The van der Waals surface area contributed by atoms with Gasteiger partial charge in [-0.1, -0.05) is 13.3 Å². The number of aliphatic hydroxyl groups is 4. The molecule has 1 amide bonds. The van der Waals surface area contributed by atoms with Gasteiger partial charge in [-0.05, 0) is 19.8 Å². The standard InChI is InChI=1S/C18H33NO9/c1-11(12(2)21)5-3-4-6-19-14(22)10-26-7-8-27-18-17(25)16(24)15(23)13(9-20)28-18/h11,13,15-18,20,23-25H,3-10H2,1-2H3,(H,19,22). The van der Waals surface area contributed by atoms with E-state index in [0.717, 1.165) is 19.3 Å². The summed E-state index contributed by atoms with van der Waals surface area (Å²) in [5, 5.41) is 40.9. The lowest BCUT2D eigenvalue weighted by Gasteiger charge is -2.39. The van der Waals surface area contributed by atoms with Crippen molar-refractivity contribution in [3.8, 4) is 0 Å². The number of rotatable bonds is 13. The van der Waals surface area contributed by atoms with E-state index in [1.807, 2.05) is 6.92 Å². The number of hydrogen-bond acceptors (Lipinski definition) is 9. The molecule has 5 N–H and O–H groups in total. The number of carbonyl (C=O) groups excluding carboxylic acids is 2. The monoisotopic (exact) mass is 407 g/mol. The predicted octanol–water partition coefficient (Wildman–Crippen LogP) is -1.67. The van der Waals surface area contributed by atoms with Gasteiger partial charge in [0, 0.05) is 12.5 Å². The zero-order valence-corrected chi connectivity index (χ0v) is 16.5. The molecule has 1 aliphatic rings. The number of unbranched alkanes of at least 4 members (excludes halogenated alkanes) is 1. The van der Waals surface area contributed by atoms with Gasteiger partial charge in [-0.3, -0.25) is 9.59 Å². The molecular formula is C18H33NO9. The van der Waals surface area contributed by atoms with Crippen molar-refractivity contribution in [2.75, 3.05) is 33.0 Å². The second-order valence-electron chi connectivity index (χ2n) is 6.98. The smallest absolute Gasteiger partial charge is 0.245 e. The molecule has 1 rings (SSSR count). The molecule has 0 radical (unpaired) electrons. The summed E-state index contributed by atoms with van der Waals surface area (Å²) in [6.45, 7) is 3.33. The van der Waals surface area contributed by atoms with Gasteiger partial charge in [-0.15, -0.1) is 0 Å². The fraction of sp³-hybridized carbons (Fsp3) is 0.889. The Bertz CT molecular complexity index is 474. The summed E-state index contributed by atoms with van der Waals surface area (Å²) in [4.78, 5) is 22.8. The van der Waals surface area contributed by atoms with Crippen molar-refractivity contribution in [2.24, 2.45) is 5.92 Å². The quantitative estimate of drug-likeness (QED) is 0.225. The highest BCUT2D eigenvalue weighted by atomic mass is 16.7. The van der Waals surface area contributed by atoms with E-state index in [1.54, 1.807) is 6.92 Å². The molecule has 6 atom stereocenters. The lowest BCUT2D eigenvalue weighted by Crippen LogP contribution is -2.59. The van der Waals surface area contributed by atoms with Gasteiger partial charge in [0.2, 0.25) is 5.91 Å². The zero-order valence-electron chi connectivity index (χ0n) is 16.5. The van der Waals surface area contributed by atoms with Crippen LogP contribution >= 0.6 is 0 Å². The second kappa shape index (κ2) is 13.2. The minimum Gasteiger partial charge on any atom is -0.394 e. The molecular weight excluding hydrogens is 374 g/mol. The Morgan fingerprint density at radius 2 is 1.82 bits per heavy atom. The highest BCUT2D eigenvalue weighted by Crippen LogP contribution is 2.21. The maximum atomic E-state index is 11.6. The van der Waals surface area contributed by atoms with Crippen LogP contribution in [0.4, 0.5) is 0 Å². The molecule has 0 aliphatic carbocycles. The highest BCUT2D eigenvalue weighted by molar-refractivity contribution is 5.77. The van der Waals surface area contributed by atoms with Gasteiger partial charge >= 0.3 is 0 Å². The van der Waals surface area contributed by atoms with Gasteiger partial charge < -0.3 is 40.0 Å². The van der Waals surface area contributed by atoms with E-state index >= 15 is 0 Å². The Hall–Kier alpha value is -1.14. The molecule has 1 aliphatic heterocycles. The van der Waals surface area contributed by atoms with Gasteiger partial charge in [-0.2, -0.15) is 0 Å². The molecule has 1 fully saturated rings. The third-order valence-electron chi connectivity index (χ3n) is 4.67. The lowest BCUT2D eigenvalue weighted by molar-refractivity contribution is -0.302. The van der Waals surface area contributed by atoms with Gasteiger partial charge in [0.15, 0.2) is 6.29 Å². The summed E-state index contributed by atoms with van der Waals surface area (Å²) in [6, 6.07) is 0. The van der Waals surface area contributed by atoms with Crippen molar-refractivity contribution in [3.63, 3.8) is 0 Å². The van der Waals surface area contributed by atoms with Crippen molar-refractivity contribution in [3.05, 3.63) is 0 Å². The maximum absolute atomic E-state index is 11.6. The number of ketones is 1. The van der Waals surface area contributed by atoms with E-state index in [-0.39, 0.29) is 37.4 Å². The Morgan fingerprint density at radius 1 is 1.11 bits per heavy atom. The third-order valence-corrected chi connectivity index (χ3v) is 4.67. The van der Waals surface area contributed by atoms with Crippen molar-refractivity contribution in [1.82, 2.24) is 5.32 Å². The zero-order chi connectivity index (χ0) is 21.1. The van der Waals surface area contributed by atoms with Crippen LogP contribution in [0, 0.1) is 5.92 Å². The van der Waals surface area contributed by atoms with Crippen LogP contribution in [0.5, 0.6) is 0 Å². The minimum absolute atomic E-state index is 0.0150. The molecule has 1 heterocycles. The first-order valence-corrected chi connectivity index (χ1v) is 9.55. The van der Waals surface area contributed by atoms with Crippen LogP contribution in [0.3, 0.4) is 0 Å². The van der Waals surface area contributed by atoms with Crippen molar-refractivity contribution in [1.29, 1.82) is 0 Å². The molecule has 0 saturated carbocycles. The first-order valence-electron chi connectivity index (χ1n) is 9.55. The van der Waals surface area contributed by atoms with Crippen molar-refractivity contribution < 1.29 is 44.2 Å². The van der Waals surface area contributed by atoms with E-state index < -0.39 is 37.3 Å². The number of amides is 1. The van der Waals surface area contributed by atoms with E-state index in [2.05, 4.69) is 5.32 Å². The average Bonchev–Trinajstić information content (AvgIpc) is 2.66. The number of carbonyl (C=O) groups is 2. The minimum atomic E-state index is -1.50. The fourth-order valence-electron chi connectivity index (χ4n) is 2.65. The normalized spacial score (nSPS) is 28.7. The number of ether oxygens (including phenoxy) is 3. The Morgan fingerprint density at radius 3 is 2.46 bits per heavy atom. The van der Waals surface area contributed by atoms with Crippen LogP contribution in [0.15, 0.2) is 0 Å². The molecule has 6 unspecified atom stereocenters. The number of nitrogens with one attached hydrogen (secondary N) is 1. The van der Waals surface area contributed by atoms with Crippen molar-refractivity contribution in [2.45, 2.75) is 63.8 Å². The Balaban J connectivity index is 2.09. The third kappa shape index (κ3) is 8.48. The summed E-state index contributed by atoms with van der Waals surface area (Å²) < 4.78 is 15.6. The molecule has 0 aromatic heterocycles. The molecule has 0 spiro atoms. The highest BCUT2D eigenvalue weighted by Gasteiger charge is 2.43. The first-order chi connectivity index (χ1) is 13.3. The van der Waals surface area contributed by atoms with E-state index in [9.17, 15) is 24.9 Å². The van der Waals surface area contributed by atoms with Crippen LogP contribution in [-0.2, 0) is 23.8 Å². The van der Waals surface area contributed by atoms with E-state index in [0.29, 0.717) is 6.54 Å². The number of Topliss-reactive ketones (excluding diaryl/α,β-unsaturated/α-hetero) is 1. The summed E-state index contributed by atoms with van der Waals surface area (Å²) in [5.41, 5.74) is 0. The largest absolute Gasteiger partial charge is 0.394 e. The summed E-state index contributed by atoms with van der Waals surface area (Å²) in [7, 11) is 0. The SMILES string of the molecule is CC(=O)C(C)CCCCNC(=O)COCCOC1OC(CO)C(O)C(O)C1O. The van der Waals surface area contributed by atoms with E-state index in [4.69, 9.17) is 19.3 Å². The number of aliphatic hydroxyl groups excluding tert-OH is 4. The molecule has 164 valence electrons. The fourth-order valence-corrected chi connectivity index (χ4v) is 2.65. The van der Waals surface area contributed by atoms with Gasteiger partial charge in [0.25, 0.3) is 0 Å². The van der Waals surface area contributed by atoms with Gasteiger partial charge in [-0.25, -0.2) is 0 Å². The molecule has 0 aromatic rings. The lowest BCUT2D eigenvalue weighted by atomic mass is 9.99. The van der Waals surface area contributed by atoms with Gasteiger partial charge in [0.1, 0.15) is 36.8 Å². The Labute approximate surface area is 164 Å². The van der Waals surface area contributed by atoms with Crippen LogP contribution in [0.1, 0.15) is 33.1 Å². The summed E-state index contributed by atoms with van der Waals surface area (Å²) in [6.07, 6.45) is -4.22. The van der Waals surface area contributed by atoms with Gasteiger partial charge in [0.05, 0.1) is 19.8 Å². The second-order valence-corrected chi connectivity index (χ2v) is 6.98. The van der Waals surface area contributed by atoms with Crippen LogP contribution in [-0.4, -0.2) is 95.8 Å². The predicted molar refractivity (Wildman–Crippen MR) is 97.2 cm³/mol. The number of hydrogen-bond donors (Lipinski definition) is 5. The maximum Gasteiger partial charge on any atom is 0.245 e. The summed E-state index contributed by atoms with van der Waals surface area (Å²) in [5.74, 6) is -0.0569. The first kappa shape index (κ1) is 24.9. The molecule has 10 nitrogen and oxygen atoms in total. The molecule has 0 aromatic carbocycles. The Kier molecular flexibility index (Phi) is 11.7.